The summed E-state index contributed by atoms with van der Waals surface area (Å²) in [5, 5.41) is 8.07. The average Bonchev–Trinajstić information content (AvgIpc) is 3.74. The molecule has 0 spiro atoms. The lowest BCUT2D eigenvalue weighted by Crippen LogP contribution is -2.49. The Hall–Kier alpha value is -4.78. The number of anilines is 1. The van der Waals surface area contributed by atoms with Crippen LogP contribution in [0.25, 0.3) is 20.8 Å². The summed E-state index contributed by atoms with van der Waals surface area (Å²) >= 11 is 1.40. The van der Waals surface area contributed by atoms with Gasteiger partial charge in [-0.1, -0.05) is 0 Å². The number of carbonyl (C=O) groups excluding carboxylic acids is 3. The molecule has 2 fully saturated rings. The first-order valence-corrected chi connectivity index (χ1v) is 15.2. The Morgan fingerprint density at radius 2 is 1.82 bits per heavy atom. The number of hydrogen-bond donors (Lipinski definition) is 3. The zero-order valence-corrected chi connectivity index (χ0v) is 25.1. The number of fused-ring (bicyclic) bond motifs is 1. The summed E-state index contributed by atoms with van der Waals surface area (Å²) in [6.07, 6.45) is 6.51. The van der Waals surface area contributed by atoms with Crippen LogP contribution in [0, 0.1) is 5.82 Å². The van der Waals surface area contributed by atoms with E-state index < -0.39 is 5.82 Å². The molecular formula is C31H32FN7O4S. The lowest BCUT2D eigenvalue weighted by molar-refractivity contribution is 0.0667. The molecule has 6 rings (SSSR count). The molecule has 1 aliphatic carbocycles. The zero-order chi connectivity index (χ0) is 30.8. The van der Waals surface area contributed by atoms with Crippen molar-refractivity contribution in [1.29, 1.82) is 0 Å². The van der Waals surface area contributed by atoms with E-state index in [1.165, 1.54) is 23.5 Å². The van der Waals surface area contributed by atoms with E-state index >= 15 is 0 Å². The van der Waals surface area contributed by atoms with Gasteiger partial charge < -0.3 is 30.5 Å². The van der Waals surface area contributed by atoms with Crippen LogP contribution in [-0.2, 0) is 0 Å². The summed E-state index contributed by atoms with van der Waals surface area (Å²) in [7, 11) is 3.38. The maximum atomic E-state index is 14.9. The molecule has 2 aliphatic rings. The molecule has 4 aromatic rings. The molecule has 13 heteroatoms. The summed E-state index contributed by atoms with van der Waals surface area (Å²) in [4.78, 5) is 50.3. The number of nitrogens with zero attached hydrogens (tertiary/aromatic N) is 4. The summed E-state index contributed by atoms with van der Waals surface area (Å²) in [5.41, 5.74) is 2.17. The Bertz CT molecular complexity index is 1700. The molecule has 228 valence electrons. The Kier molecular flexibility index (Phi) is 8.29. The Labute approximate surface area is 257 Å². The third-order valence-corrected chi connectivity index (χ3v) is 8.96. The van der Waals surface area contributed by atoms with Crippen LogP contribution in [0.3, 0.4) is 0 Å². The van der Waals surface area contributed by atoms with Crippen LogP contribution in [0.2, 0.25) is 0 Å². The second-order valence-corrected chi connectivity index (χ2v) is 11.9. The SMILES string of the molecule is CNC(=O)N(C)C1CCN(C(=O)c2ccc(-c3cc4nccc(Oc5ccc(NC(=O)NC6CC6)cc5F)c4s3)nc2)CC1. The van der Waals surface area contributed by atoms with Crippen LogP contribution in [0.5, 0.6) is 11.5 Å². The predicted octanol–water partition coefficient (Wildman–Crippen LogP) is 5.45. The highest BCUT2D eigenvalue weighted by atomic mass is 32.1. The van der Waals surface area contributed by atoms with Gasteiger partial charge in [-0.3, -0.25) is 14.8 Å². The van der Waals surface area contributed by atoms with Crippen molar-refractivity contribution in [2.45, 2.75) is 37.8 Å². The molecule has 1 aromatic carbocycles. The number of aromatic nitrogens is 2. The van der Waals surface area contributed by atoms with Crippen molar-refractivity contribution in [2.24, 2.45) is 0 Å². The highest BCUT2D eigenvalue weighted by molar-refractivity contribution is 7.22. The van der Waals surface area contributed by atoms with Crippen LogP contribution in [0.15, 0.2) is 54.9 Å². The van der Waals surface area contributed by atoms with Crippen LogP contribution in [-0.4, -0.2) is 77.0 Å². The molecule has 11 nitrogen and oxygen atoms in total. The number of piperidine rings is 1. The van der Waals surface area contributed by atoms with E-state index in [1.54, 1.807) is 60.6 Å². The number of carbonyl (C=O) groups is 3. The number of rotatable bonds is 7. The maximum absolute atomic E-state index is 14.9. The first-order valence-electron chi connectivity index (χ1n) is 14.4. The number of ether oxygens (including phenoxy) is 1. The molecule has 3 N–H and O–H groups in total. The zero-order valence-electron chi connectivity index (χ0n) is 24.3. The summed E-state index contributed by atoms with van der Waals surface area (Å²) in [6, 6.07) is 11.2. The van der Waals surface area contributed by atoms with E-state index in [-0.39, 0.29) is 35.8 Å². The Balaban J connectivity index is 1.12. The van der Waals surface area contributed by atoms with Gasteiger partial charge in [0.2, 0.25) is 0 Å². The van der Waals surface area contributed by atoms with Crippen LogP contribution in [0.4, 0.5) is 19.7 Å². The second kappa shape index (κ2) is 12.4. The van der Waals surface area contributed by atoms with Gasteiger partial charge >= 0.3 is 12.1 Å². The Morgan fingerprint density at radius 3 is 2.50 bits per heavy atom. The third kappa shape index (κ3) is 6.42. The monoisotopic (exact) mass is 617 g/mol. The van der Waals surface area contributed by atoms with E-state index in [9.17, 15) is 18.8 Å². The van der Waals surface area contributed by atoms with Crippen LogP contribution < -0.4 is 20.7 Å². The molecule has 3 aromatic heterocycles. The van der Waals surface area contributed by atoms with Gasteiger partial charge in [-0.2, -0.15) is 0 Å². The molecular weight excluding hydrogens is 585 g/mol. The standard InChI is InChI=1S/C31H32FN7O4S/c1-33-31(42)38(2)21-10-13-39(14-11-21)29(40)18-3-7-23(35-17-18)27-16-24-28(44-27)26(9-12-34-24)43-25-8-6-20(15-22(25)32)37-30(41)36-19-4-5-19/h3,6-9,12,15-17,19,21H,4-5,10-11,13-14H2,1-2H3,(H,33,42)(H2,36,37,41). The number of benzene rings is 1. The molecule has 0 atom stereocenters. The highest BCUT2D eigenvalue weighted by Gasteiger charge is 2.28. The first kappa shape index (κ1) is 29.3. The number of nitrogens with one attached hydrogen (secondary N) is 3. The maximum Gasteiger partial charge on any atom is 0.319 e. The number of pyridine rings is 2. The van der Waals surface area contributed by atoms with Crippen molar-refractivity contribution in [2.75, 3.05) is 32.5 Å². The number of halogens is 1. The molecule has 44 heavy (non-hydrogen) atoms. The van der Waals surface area contributed by atoms with Crippen molar-refractivity contribution < 1.29 is 23.5 Å². The van der Waals surface area contributed by atoms with E-state index in [0.717, 1.165) is 22.4 Å². The third-order valence-electron chi connectivity index (χ3n) is 7.79. The van der Waals surface area contributed by atoms with Gasteiger partial charge in [0.25, 0.3) is 5.91 Å². The number of hydrogen-bond acceptors (Lipinski definition) is 7. The molecule has 0 bridgehead atoms. The van der Waals surface area contributed by atoms with E-state index in [2.05, 4.69) is 25.9 Å². The van der Waals surface area contributed by atoms with Gasteiger partial charge in [-0.05, 0) is 56.0 Å². The van der Waals surface area contributed by atoms with Crippen molar-refractivity contribution in [3.05, 3.63) is 66.2 Å². The largest absolute Gasteiger partial charge is 0.453 e. The van der Waals surface area contributed by atoms with Crippen LogP contribution >= 0.6 is 11.3 Å². The first-order chi connectivity index (χ1) is 21.3. The van der Waals surface area contributed by atoms with E-state index in [4.69, 9.17) is 4.74 Å². The van der Waals surface area contributed by atoms with Crippen molar-refractivity contribution >= 4 is 45.2 Å². The summed E-state index contributed by atoms with van der Waals surface area (Å²) < 4.78 is 21.6. The topological polar surface area (TPSA) is 129 Å². The molecule has 0 radical (unpaired) electrons. The van der Waals surface area contributed by atoms with E-state index in [0.29, 0.717) is 54.1 Å². The highest BCUT2D eigenvalue weighted by Crippen LogP contribution is 2.39. The number of likely N-dealkylation sites (tertiary alicyclic amines) is 1. The molecule has 1 aliphatic heterocycles. The van der Waals surface area contributed by atoms with Gasteiger partial charge in [-0.15, -0.1) is 11.3 Å². The quantitative estimate of drug-likeness (QED) is 0.253. The summed E-state index contributed by atoms with van der Waals surface area (Å²) in [6.45, 7) is 1.12. The molecule has 4 heterocycles. The molecule has 0 unspecified atom stereocenters. The fourth-order valence-corrected chi connectivity index (χ4v) is 6.17. The lowest BCUT2D eigenvalue weighted by atomic mass is 10.0. The van der Waals surface area contributed by atoms with Crippen molar-refractivity contribution in [3.63, 3.8) is 0 Å². The minimum Gasteiger partial charge on any atom is -0.453 e. The van der Waals surface area contributed by atoms with Gasteiger partial charge in [0.05, 0.1) is 26.4 Å². The van der Waals surface area contributed by atoms with Gasteiger partial charge in [-0.25, -0.2) is 14.0 Å². The van der Waals surface area contributed by atoms with Crippen LogP contribution in [0.1, 0.15) is 36.0 Å². The number of thiophene rings is 1. The molecule has 1 saturated carbocycles. The van der Waals surface area contributed by atoms with Crippen molar-refractivity contribution in [1.82, 2.24) is 30.4 Å². The minimum absolute atomic E-state index is 0.0194. The molecule has 1 saturated heterocycles. The van der Waals surface area contributed by atoms with Crippen molar-refractivity contribution in [3.8, 4) is 22.1 Å². The molecule has 5 amide bonds. The fourth-order valence-electron chi connectivity index (χ4n) is 5.13. The van der Waals surface area contributed by atoms with Gasteiger partial charge in [0.15, 0.2) is 11.6 Å². The minimum atomic E-state index is -0.611. The second-order valence-electron chi connectivity index (χ2n) is 10.9. The number of amides is 5. The van der Waals surface area contributed by atoms with E-state index in [1.807, 2.05) is 6.07 Å². The predicted molar refractivity (Wildman–Crippen MR) is 166 cm³/mol. The number of urea groups is 2. The smallest absolute Gasteiger partial charge is 0.319 e. The summed E-state index contributed by atoms with van der Waals surface area (Å²) in [5.74, 6) is -0.244. The average molecular weight is 618 g/mol. The van der Waals surface area contributed by atoms with Gasteiger partial charge in [0.1, 0.15) is 5.75 Å². The fraction of sp³-hybridized carbons (Fsp3) is 0.323. The Morgan fingerprint density at radius 1 is 1.02 bits per heavy atom. The van der Waals surface area contributed by atoms with Gasteiger partial charge in [0, 0.05) is 69.5 Å². The lowest BCUT2D eigenvalue weighted by Gasteiger charge is -2.36. The normalized spacial score (nSPS) is 15.1.